The third-order valence-corrected chi connectivity index (χ3v) is 3.92. The summed E-state index contributed by atoms with van der Waals surface area (Å²) in [4.78, 5) is 24.9. The lowest BCUT2D eigenvalue weighted by Gasteiger charge is -2.21. The number of carbonyl (C=O) groups is 2. The number of ether oxygens (including phenoxy) is 1. The minimum atomic E-state index is -0.799. The fourth-order valence-corrected chi connectivity index (χ4v) is 2.64. The van der Waals surface area contributed by atoms with Crippen LogP contribution in [0.5, 0.6) is 5.75 Å². The van der Waals surface area contributed by atoms with Crippen molar-refractivity contribution >= 4 is 17.6 Å². The van der Waals surface area contributed by atoms with Crippen molar-refractivity contribution in [2.45, 2.75) is 19.3 Å². The molecule has 2 atom stereocenters. The summed E-state index contributed by atoms with van der Waals surface area (Å²) in [6.07, 6.45) is 1.67. The Hall–Kier alpha value is -2.04. The van der Waals surface area contributed by atoms with Gasteiger partial charge in [-0.1, -0.05) is 0 Å². The molecule has 0 heterocycles. The number of methoxy groups -OCH3 is 1. The van der Waals surface area contributed by atoms with Crippen molar-refractivity contribution in [1.82, 2.24) is 0 Å². The zero-order valence-corrected chi connectivity index (χ0v) is 11.7. The Balaban J connectivity index is 2.03. The summed E-state index contributed by atoms with van der Waals surface area (Å²) >= 11 is 0. The molecule has 0 saturated heterocycles. The molecule has 1 amide bonds. The van der Waals surface area contributed by atoms with Crippen LogP contribution < -0.4 is 9.64 Å². The maximum atomic E-state index is 12.4. The summed E-state index contributed by atoms with van der Waals surface area (Å²) in [7, 11) is 3.31. The van der Waals surface area contributed by atoms with Gasteiger partial charge in [0.2, 0.25) is 5.91 Å². The first kappa shape index (κ1) is 14.4. The predicted octanol–water partition coefficient (Wildman–Crippen LogP) is 2.16. The molecule has 1 aliphatic rings. The monoisotopic (exact) mass is 277 g/mol. The number of nitrogens with zero attached hydrogens (tertiary/aromatic N) is 1. The molecule has 20 heavy (non-hydrogen) atoms. The Bertz CT molecular complexity index is 497. The van der Waals surface area contributed by atoms with Crippen LogP contribution in [0.2, 0.25) is 0 Å². The number of anilines is 1. The van der Waals surface area contributed by atoms with E-state index in [4.69, 9.17) is 9.84 Å². The Morgan fingerprint density at radius 1 is 1.20 bits per heavy atom. The zero-order valence-electron chi connectivity index (χ0n) is 11.7. The van der Waals surface area contributed by atoms with Gasteiger partial charge in [-0.2, -0.15) is 0 Å². The molecular formula is C15H19NO4. The Kier molecular flexibility index (Phi) is 4.27. The second-order valence-corrected chi connectivity index (χ2v) is 5.14. The van der Waals surface area contributed by atoms with Gasteiger partial charge in [0.1, 0.15) is 5.75 Å². The maximum absolute atomic E-state index is 12.4. The fraction of sp³-hybridized carbons (Fsp3) is 0.467. The van der Waals surface area contributed by atoms with E-state index in [0.29, 0.717) is 19.3 Å². The topological polar surface area (TPSA) is 66.8 Å². The number of rotatable bonds is 4. The average molecular weight is 277 g/mol. The van der Waals surface area contributed by atoms with E-state index in [1.165, 1.54) is 0 Å². The zero-order chi connectivity index (χ0) is 14.7. The van der Waals surface area contributed by atoms with Gasteiger partial charge in [0.15, 0.2) is 0 Å². The minimum Gasteiger partial charge on any atom is -0.497 e. The highest BCUT2D eigenvalue weighted by Gasteiger charge is 2.35. The summed E-state index contributed by atoms with van der Waals surface area (Å²) in [5.74, 6) is -0.649. The molecule has 0 aromatic heterocycles. The molecule has 1 aromatic rings. The normalized spacial score (nSPS) is 21.5. The summed E-state index contributed by atoms with van der Waals surface area (Å²) < 4.78 is 5.08. The molecule has 1 N–H and O–H groups in total. The Morgan fingerprint density at radius 3 is 2.30 bits per heavy atom. The highest BCUT2D eigenvalue weighted by Crippen LogP contribution is 2.33. The molecule has 2 unspecified atom stereocenters. The van der Waals surface area contributed by atoms with E-state index >= 15 is 0 Å². The van der Waals surface area contributed by atoms with Crippen molar-refractivity contribution in [3.8, 4) is 5.75 Å². The number of carboxylic acid groups (broad SMARTS) is 1. The van der Waals surface area contributed by atoms with Gasteiger partial charge in [-0.15, -0.1) is 0 Å². The summed E-state index contributed by atoms with van der Waals surface area (Å²) in [6.45, 7) is 0. The smallest absolute Gasteiger partial charge is 0.306 e. The van der Waals surface area contributed by atoms with E-state index in [-0.39, 0.29) is 17.7 Å². The van der Waals surface area contributed by atoms with Crippen molar-refractivity contribution in [3.63, 3.8) is 0 Å². The molecular weight excluding hydrogens is 258 g/mol. The van der Waals surface area contributed by atoms with Crippen molar-refractivity contribution in [3.05, 3.63) is 24.3 Å². The van der Waals surface area contributed by atoms with E-state index in [2.05, 4.69) is 0 Å². The molecule has 1 aliphatic carbocycles. The van der Waals surface area contributed by atoms with Crippen molar-refractivity contribution < 1.29 is 19.4 Å². The minimum absolute atomic E-state index is 0.0149. The number of amides is 1. The fourth-order valence-electron chi connectivity index (χ4n) is 2.64. The summed E-state index contributed by atoms with van der Waals surface area (Å²) in [5.41, 5.74) is 0.787. The van der Waals surface area contributed by atoms with Crippen LogP contribution in [0.3, 0.4) is 0 Å². The first-order chi connectivity index (χ1) is 9.52. The average Bonchev–Trinajstić information content (AvgIpc) is 2.96. The molecule has 0 bridgehead atoms. The van der Waals surface area contributed by atoms with E-state index in [0.717, 1.165) is 11.4 Å². The number of aliphatic carboxylic acids is 1. The number of carboxylic acids is 1. The first-order valence-electron chi connectivity index (χ1n) is 6.67. The molecule has 2 rings (SSSR count). The second kappa shape index (κ2) is 5.94. The van der Waals surface area contributed by atoms with E-state index < -0.39 is 5.97 Å². The maximum Gasteiger partial charge on any atom is 0.306 e. The molecule has 1 aromatic carbocycles. The van der Waals surface area contributed by atoms with E-state index in [9.17, 15) is 9.59 Å². The molecule has 5 nitrogen and oxygen atoms in total. The molecule has 1 saturated carbocycles. The largest absolute Gasteiger partial charge is 0.497 e. The third-order valence-electron chi connectivity index (χ3n) is 3.92. The number of hydrogen-bond acceptors (Lipinski definition) is 3. The van der Waals surface area contributed by atoms with Gasteiger partial charge in [-0.05, 0) is 43.5 Å². The van der Waals surface area contributed by atoms with Crippen molar-refractivity contribution in [2.75, 3.05) is 19.1 Å². The number of hydrogen-bond donors (Lipinski definition) is 1. The first-order valence-corrected chi connectivity index (χ1v) is 6.67. The van der Waals surface area contributed by atoms with Crippen LogP contribution in [0.25, 0.3) is 0 Å². The van der Waals surface area contributed by atoms with Gasteiger partial charge in [-0.3, -0.25) is 9.59 Å². The number of carbonyl (C=O) groups excluding carboxylic acids is 1. The van der Waals surface area contributed by atoms with Gasteiger partial charge in [-0.25, -0.2) is 0 Å². The van der Waals surface area contributed by atoms with Crippen molar-refractivity contribution in [1.29, 1.82) is 0 Å². The van der Waals surface area contributed by atoms with Crippen LogP contribution in [0, 0.1) is 11.8 Å². The van der Waals surface area contributed by atoms with Gasteiger partial charge in [0.25, 0.3) is 0 Å². The highest BCUT2D eigenvalue weighted by atomic mass is 16.5. The lowest BCUT2D eigenvalue weighted by Crippen LogP contribution is -2.32. The Morgan fingerprint density at radius 2 is 1.80 bits per heavy atom. The predicted molar refractivity (Wildman–Crippen MR) is 74.9 cm³/mol. The Labute approximate surface area is 118 Å². The molecule has 0 radical (unpaired) electrons. The van der Waals surface area contributed by atoms with Crippen LogP contribution in [0.4, 0.5) is 5.69 Å². The highest BCUT2D eigenvalue weighted by molar-refractivity contribution is 5.95. The molecule has 5 heteroatoms. The molecule has 108 valence electrons. The van der Waals surface area contributed by atoms with Gasteiger partial charge in [0, 0.05) is 18.7 Å². The van der Waals surface area contributed by atoms with E-state index in [1.54, 1.807) is 31.2 Å². The van der Waals surface area contributed by atoms with Crippen LogP contribution in [-0.4, -0.2) is 31.1 Å². The van der Waals surface area contributed by atoms with Crippen LogP contribution >= 0.6 is 0 Å². The van der Waals surface area contributed by atoms with Crippen LogP contribution in [0.1, 0.15) is 19.3 Å². The summed E-state index contributed by atoms with van der Waals surface area (Å²) in [5, 5.41) is 8.99. The number of benzene rings is 1. The second-order valence-electron chi connectivity index (χ2n) is 5.14. The quantitative estimate of drug-likeness (QED) is 0.915. The van der Waals surface area contributed by atoms with Gasteiger partial charge >= 0.3 is 5.97 Å². The molecule has 1 fully saturated rings. The standard InChI is InChI=1S/C15H19NO4/c1-16(12-5-7-13(20-2)8-6-12)14(17)10-3-4-11(9-10)15(18)19/h5-8,10-11H,3-4,9H2,1-2H3,(H,18,19). The van der Waals surface area contributed by atoms with Gasteiger partial charge in [0.05, 0.1) is 13.0 Å². The lowest BCUT2D eigenvalue weighted by atomic mass is 10.0. The SMILES string of the molecule is COc1ccc(N(C)C(=O)C2CCC(C(=O)O)C2)cc1. The third kappa shape index (κ3) is 2.92. The molecule has 0 aliphatic heterocycles. The van der Waals surface area contributed by atoms with Crippen molar-refractivity contribution in [2.24, 2.45) is 11.8 Å². The van der Waals surface area contributed by atoms with Crippen LogP contribution in [-0.2, 0) is 9.59 Å². The van der Waals surface area contributed by atoms with Crippen LogP contribution in [0.15, 0.2) is 24.3 Å². The summed E-state index contributed by atoms with van der Waals surface area (Å²) in [6, 6.07) is 7.24. The molecule has 0 spiro atoms. The van der Waals surface area contributed by atoms with Gasteiger partial charge < -0.3 is 14.7 Å². The lowest BCUT2D eigenvalue weighted by molar-refractivity contribution is -0.141. The van der Waals surface area contributed by atoms with E-state index in [1.807, 2.05) is 12.1 Å².